The number of carbonyl (C=O) groups is 1. The fourth-order valence-corrected chi connectivity index (χ4v) is 2.41. The third-order valence-corrected chi connectivity index (χ3v) is 3.62. The summed E-state index contributed by atoms with van der Waals surface area (Å²) in [6.45, 7) is 3.94. The highest BCUT2D eigenvalue weighted by atomic mass is 35.5. The fourth-order valence-electron chi connectivity index (χ4n) is 1.66. The first kappa shape index (κ1) is 16.6. The highest BCUT2D eigenvalue weighted by molar-refractivity contribution is 7.99. The molecule has 2 rings (SSSR count). The molecule has 0 unspecified atom stereocenters. The number of ether oxygens (including phenoxy) is 1. The number of carbonyl (C=O) groups excluding carboxylic acids is 1. The van der Waals surface area contributed by atoms with Crippen molar-refractivity contribution in [2.24, 2.45) is 0 Å². The number of rotatable bonds is 6. The van der Waals surface area contributed by atoms with Gasteiger partial charge in [0.25, 0.3) is 5.91 Å². The first-order chi connectivity index (χ1) is 10.6. The van der Waals surface area contributed by atoms with Gasteiger partial charge in [0.15, 0.2) is 11.9 Å². The van der Waals surface area contributed by atoms with Crippen molar-refractivity contribution in [2.45, 2.75) is 19.0 Å². The molecular weight excluding hydrogens is 322 g/mol. The molecule has 0 fully saturated rings. The van der Waals surface area contributed by atoms with Gasteiger partial charge in [-0.05, 0) is 36.9 Å². The summed E-state index contributed by atoms with van der Waals surface area (Å²) in [5.41, 5.74) is 1.35. The van der Waals surface area contributed by atoms with Gasteiger partial charge in [-0.1, -0.05) is 30.3 Å². The number of nitrogens with one attached hydrogen (secondary N) is 1. The lowest BCUT2D eigenvalue weighted by molar-refractivity contribution is 0.0917. The van der Waals surface area contributed by atoms with Gasteiger partial charge in [-0.15, -0.1) is 0 Å². The zero-order chi connectivity index (χ0) is 15.9. The standard InChI is InChI=1S/C15H16ClN3O2S/c1-3-22-15-18-10(2)8-13(19-15)21-9-17-14(20)11-4-6-12(16)7-5-11/h4-8H,3,9H2,1-2H3,(H,17,20). The van der Waals surface area contributed by atoms with Crippen molar-refractivity contribution in [2.75, 3.05) is 12.5 Å². The zero-order valence-corrected chi connectivity index (χ0v) is 13.9. The molecule has 1 aromatic carbocycles. The number of amides is 1. The monoisotopic (exact) mass is 337 g/mol. The molecule has 7 heteroatoms. The highest BCUT2D eigenvalue weighted by Crippen LogP contribution is 2.17. The quantitative estimate of drug-likeness (QED) is 0.497. The van der Waals surface area contributed by atoms with Crippen LogP contribution in [0.15, 0.2) is 35.5 Å². The number of aromatic nitrogens is 2. The molecule has 0 saturated heterocycles. The van der Waals surface area contributed by atoms with E-state index in [-0.39, 0.29) is 12.6 Å². The summed E-state index contributed by atoms with van der Waals surface area (Å²) in [6.07, 6.45) is 0. The minimum atomic E-state index is -0.231. The summed E-state index contributed by atoms with van der Waals surface area (Å²) >= 11 is 7.32. The molecule has 0 spiro atoms. The minimum absolute atomic E-state index is 0.0359. The summed E-state index contributed by atoms with van der Waals surface area (Å²) < 4.78 is 5.47. The van der Waals surface area contributed by atoms with Crippen LogP contribution in [0.2, 0.25) is 5.02 Å². The van der Waals surface area contributed by atoms with Crippen LogP contribution in [0, 0.1) is 6.92 Å². The molecule has 0 radical (unpaired) electrons. The van der Waals surface area contributed by atoms with Crippen LogP contribution >= 0.6 is 23.4 Å². The second kappa shape index (κ2) is 8.00. The average Bonchev–Trinajstić information content (AvgIpc) is 2.47. The molecule has 116 valence electrons. The summed E-state index contributed by atoms with van der Waals surface area (Å²) in [5.74, 6) is 1.10. The third-order valence-electron chi connectivity index (χ3n) is 2.64. The molecule has 1 heterocycles. The zero-order valence-electron chi connectivity index (χ0n) is 12.3. The van der Waals surface area contributed by atoms with Gasteiger partial charge in [-0.2, -0.15) is 4.98 Å². The Labute approximate surface area is 138 Å². The van der Waals surface area contributed by atoms with Crippen molar-refractivity contribution >= 4 is 29.3 Å². The largest absolute Gasteiger partial charge is 0.456 e. The molecule has 0 aliphatic heterocycles. The van der Waals surface area contributed by atoms with E-state index in [0.29, 0.717) is 21.6 Å². The number of thioether (sulfide) groups is 1. The van der Waals surface area contributed by atoms with Gasteiger partial charge in [-0.3, -0.25) is 4.79 Å². The molecule has 0 aliphatic carbocycles. The smallest absolute Gasteiger partial charge is 0.253 e. The van der Waals surface area contributed by atoms with Crippen LogP contribution in [0.3, 0.4) is 0 Å². The van der Waals surface area contributed by atoms with Crippen molar-refractivity contribution in [3.63, 3.8) is 0 Å². The van der Waals surface area contributed by atoms with Crippen molar-refractivity contribution in [3.05, 3.63) is 46.6 Å². The Morgan fingerprint density at radius 1 is 1.32 bits per heavy atom. The Bertz CT molecular complexity index is 650. The molecule has 1 aromatic heterocycles. The van der Waals surface area contributed by atoms with Crippen LogP contribution in [0.5, 0.6) is 5.88 Å². The maximum Gasteiger partial charge on any atom is 0.253 e. The molecule has 22 heavy (non-hydrogen) atoms. The number of nitrogens with zero attached hydrogens (tertiary/aromatic N) is 2. The van der Waals surface area contributed by atoms with Crippen molar-refractivity contribution < 1.29 is 9.53 Å². The van der Waals surface area contributed by atoms with E-state index in [1.807, 2.05) is 13.8 Å². The van der Waals surface area contributed by atoms with Gasteiger partial charge in [0, 0.05) is 22.3 Å². The molecule has 1 N–H and O–H groups in total. The summed E-state index contributed by atoms with van der Waals surface area (Å²) in [4.78, 5) is 20.5. The lowest BCUT2D eigenvalue weighted by atomic mass is 10.2. The Morgan fingerprint density at radius 2 is 2.05 bits per heavy atom. The van der Waals surface area contributed by atoms with Crippen LogP contribution in [0.25, 0.3) is 0 Å². The van der Waals surface area contributed by atoms with Crippen molar-refractivity contribution in [1.29, 1.82) is 0 Å². The van der Waals surface area contributed by atoms with E-state index < -0.39 is 0 Å². The number of aryl methyl sites for hydroxylation is 1. The first-order valence-electron chi connectivity index (χ1n) is 6.73. The van der Waals surface area contributed by atoms with Crippen LogP contribution in [0.1, 0.15) is 23.0 Å². The Hall–Kier alpha value is -1.79. The van der Waals surface area contributed by atoms with Crippen LogP contribution in [-0.2, 0) is 0 Å². The van der Waals surface area contributed by atoms with Crippen LogP contribution in [0.4, 0.5) is 0 Å². The molecule has 1 amide bonds. The van der Waals surface area contributed by atoms with Crippen molar-refractivity contribution in [1.82, 2.24) is 15.3 Å². The number of hydrogen-bond acceptors (Lipinski definition) is 5. The van der Waals surface area contributed by atoms with Gasteiger partial charge < -0.3 is 10.1 Å². The lowest BCUT2D eigenvalue weighted by Crippen LogP contribution is -2.27. The number of halogens is 1. The lowest BCUT2D eigenvalue weighted by Gasteiger charge is -2.09. The molecule has 0 aliphatic rings. The van der Waals surface area contributed by atoms with E-state index in [0.717, 1.165) is 11.4 Å². The Balaban J connectivity index is 1.90. The van der Waals surface area contributed by atoms with E-state index in [1.54, 1.807) is 30.3 Å². The molecular formula is C15H16ClN3O2S. The van der Waals surface area contributed by atoms with Gasteiger partial charge >= 0.3 is 0 Å². The Morgan fingerprint density at radius 3 is 2.73 bits per heavy atom. The van der Waals surface area contributed by atoms with Gasteiger partial charge in [0.2, 0.25) is 5.88 Å². The van der Waals surface area contributed by atoms with Gasteiger partial charge in [0.05, 0.1) is 0 Å². The second-order valence-corrected chi connectivity index (χ2v) is 6.03. The van der Waals surface area contributed by atoms with E-state index >= 15 is 0 Å². The minimum Gasteiger partial charge on any atom is -0.456 e. The van der Waals surface area contributed by atoms with E-state index in [1.165, 1.54) is 11.8 Å². The van der Waals surface area contributed by atoms with Crippen LogP contribution < -0.4 is 10.1 Å². The summed E-state index contributed by atoms with van der Waals surface area (Å²) in [5, 5.41) is 3.92. The maximum atomic E-state index is 11.9. The topological polar surface area (TPSA) is 64.1 Å². The Kier molecular flexibility index (Phi) is 6.03. The molecule has 2 aromatic rings. The third kappa shape index (κ3) is 4.89. The average molecular weight is 338 g/mol. The maximum absolute atomic E-state index is 11.9. The predicted molar refractivity (Wildman–Crippen MR) is 87.6 cm³/mol. The predicted octanol–water partition coefficient (Wildman–Crippen LogP) is 3.32. The summed E-state index contributed by atoms with van der Waals surface area (Å²) in [7, 11) is 0. The number of benzene rings is 1. The first-order valence-corrected chi connectivity index (χ1v) is 8.10. The van der Waals surface area contributed by atoms with Gasteiger partial charge in [0.1, 0.15) is 0 Å². The summed E-state index contributed by atoms with van der Waals surface area (Å²) in [6, 6.07) is 8.37. The second-order valence-electron chi connectivity index (χ2n) is 4.36. The highest BCUT2D eigenvalue weighted by Gasteiger charge is 2.06. The van der Waals surface area contributed by atoms with Crippen molar-refractivity contribution in [3.8, 4) is 5.88 Å². The normalized spacial score (nSPS) is 10.3. The van der Waals surface area contributed by atoms with Crippen LogP contribution in [-0.4, -0.2) is 28.4 Å². The van der Waals surface area contributed by atoms with E-state index in [4.69, 9.17) is 16.3 Å². The van der Waals surface area contributed by atoms with E-state index in [9.17, 15) is 4.79 Å². The molecule has 5 nitrogen and oxygen atoms in total. The number of hydrogen-bond donors (Lipinski definition) is 1. The van der Waals surface area contributed by atoms with E-state index in [2.05, 4.69) is 15.3 Å². The van der Waals surface area contributed by atoms with Gasteiger partial charge in [-0.25, -0.2) is 4.98 Å². The fraction of sp³-hybridized carbons (Fsp3) is 0.267. The molecule has 0 saturated carbocycles. The molecule has 0 bridgehead atoms. The molecule has 0 atom stereocenters. The SMILES string of the molecule is CCSc1nc(C)cc(OCNC(=O)c2ccc(Cl)cc2)n1.